The minimum Gasteiger partial charge on any atom is -0.475 e. The highest BCUT2D eigenvalue weighted by Gasteiger charge is 2.25. The van der Waals surface area contributed by atoms with E-state index in [2.05, 4.69) is 43.4 Å². The van der Waals surface area contributed by atoms with Crippen LogP contribution in [0.1, 0.15) is 27.9 Å². The number of benzene rings is 2. The van der Waals surface area contributed by atoms with E-state index in [0.29, 0.717) is 18.9 Å². The van der Waals surface area contributed by atoms with Gasteiger partial charge in [-0.3, -0.25) is 0 Å². The summed E-state index contributed by atoms with van der Waals surface area (Å²) in [5.41, 5.74) is 7.66. The predicted octanol–water partition coefficient (Wildman–Crippen LogP) is 4.90. The first-order valence-electron chi connectivity index (χ1n) is 10.2. The van der Waals surface area contributed by atoms with Crippen LogP contribution in [0.15, 0.2) is 54.6 Å². The monoisotopic (exact) mass is 402 g/mol. The van der Waals surface area contributed by atoms with Crippen molar-refractivity contribution in [1.29, 1.82) is 0 Å². The first-order valence-corrected chi connectivity index (χ1v) is 10.2. The van der Waals surface area contributed by atoms with Gasteiger partial charge in [0.15, 0.2) is 0 Å². The van der Waals surface area contributed by atoms with Crippen molar-refractivity contribution < 1.29 is 14.3 Å². The summed E-state index contributed by atoms with van der Waals surface area (Å²) in [6, 6.07) is 17.9. The molecule has 2 aromatic carbocycles. The molecule has 5 heteroatoms. The molecule has 2 heterocycles. The number of nitrogens with zero attached hydrogens (tertiary/aromatic N) is 1. The largest absolute Gasteiger partial charge is 0.475 e. The molecule has 1 aromatic heterocycles. The van der Waals surface area contributed by atoms with Gasteiger partial charge in [-0.05, 0) is 49.1 Å². The number of alkyl carbamates (subject to hydrolysis) is 1. The second kappa shape index (κ2) is 8.57. The van der Waals surface area contributed by atoms with Gasteiger partial charge in [0.05, 0.1) is 6.04 Å². The lowest BCUT2D eigenvalue weighted by Gasteiger charge is -2.26. The van der Waals surface area contributed by atoms with Crippen molar-refractivity contribution in [3.05, 3.63) is 82.5 Å². The number of ether oxygens (including phenoxy) is 2. The van der Waals surface area contributed by atoms with E-state index in [1.165, 1.54) is 16.7 Å². The predicted molar refractivity (Wildman–Crippen MR) is 117 cm³/mol. The molecule has 154 valence electrons. The van der Waals surface area contributed by atoms with Gasteiger partial charge in [0.1, 0.15) is 13.2 Å². The van der Waals surface area contributed by atoms with Gasteiger partial charge in [-0.1, -0.05) is 48.5 Å². The Bertz CT molecular complexity index is 1040. The fraction of sp³-hybridized carbons (Fsp3) is 0.280. The van der Waals surface area contributed by atoms with E-state index in [-0.39, 0.29) is 12.6 Å². The molecule has 0 bridgehead atoms. The number of aromatic nitrogens is 1. The van der Waals surface area contributed by atoms with Crippen molar-refractivity contribution in [2.75, 3.05) is 6.61 Å². The van der Waals surface area contributed by atoms with Gasteiger partial charge in [0, 0.05) is 23.2 Å². The highest BCUT2D eigenvalue weighted by atomic mass is 16.5. The van der Waals surface area contributed by atoms with E-state index in [0.717, 1.165) is 22.4 Å². The van der Waals surface area contributed by atoms with Crippen molar-refractivity contribution in [2.24, 2.45) is 0 Å². The summed E-state index contributed by atoms with van der Waals surface area (Å²) >= 11 is 0. The number of carbonyl (C=O) groups is 1. The number of nitrogens with one attached hydrogen (secondary N) is 1. The van der Waals surface area contributed by atoms with Crippen LogP contribution in [0.4, 0.5) is 4.79 Å². The second-order valence-electron chi connectivity index (χ2n) is 7.77. The highest BCUT2D eigenvalue weighted by Crippen LogP contribution is 2.34. The first kappa shape index (κ1) is 20.0. The van der Waals surface area contributed by atoms with Gasteiger partial charge >= 0.3 is 6.09 Å². The quantitative estimate of drug-likeness (QED) is 0.674. The van der Waals surface area contributed by atoms with E-state index >= 15 is 0 Å². The summed E-state index contributed by atoms with van der Waals surface area (Å²) in [4.78, 5) is 16.9. The van der Waals surface area contributed by atoms with Crippen LogP contribution < -0.4 is 10.1 Å². The van der Waals surface area contributed by atoms with Gasteiger partial charge < -0.3 is 14.8 Å². The Balaban J connectivity index is 1.47. The molecule has 0 saturated carbocycles. The zero-order valence-corrected chi connectivity index (χ0v) is 17.6. The number of rotatable bonds is 4. The summed E-state index contributed by atoms with van der Waals surface area (Å²) in [6.07, 6.45) is 0.215. The van der Waals surface area contributed by atoms with Gasteiger partial charge in [0.2, 0.25) is 5.88 Å². The molecule has 3 aromatic rings. The number of hydrogen-bond donors (Lipinski definition) is 1. The van der Waals surface area contributed by atoms with Crippen LogP contribution >= 0.6 is 0 Å². The van der Waals surface area contributed by atoms with Crippen molar-refractivity contribution in [2.45, 2.75) is 39.8 Å². The SMILES string of the molecule is Cc1cccc(C)c1-c1cc2c(nc1C)OCC(NC(=O)OCc1ccccc1)C2. The normalized spacial score (nSPS) is 15.1. The maximum absolute atomic E-state index is 12.2. The summed E-state index contributed by atoms with van der Waals surface area (Å²) in [5, 5.41) is 2.91. The fourth-order valence-electron chi connectivity index (χ4n) is 3.92. The summed E-state index contributed by atoms with van der Waals surface area (Å²) in [5.74, 6) is 0.651. The van der Waals surface area contributed by atoms with E-state index in [1.54, 1.807) is 0 Å². The number of amides is 1. The summed E-state index contributed by atoms with van der Waals surface area (Å²) < 4.78 is 11.2. The van der Waals surface area contributed by atoms with Crippen molar-refractivity contribution in [1.82, 2.24) is 10.3 Å². The Morgan fingerprint density at radius 1 is 1.10 bits per heavy atom. The molecule has 1 amide bonds. The lowest BCUT2D eigenvalue weighted by molar-refractivity contribution is 0.128. The molecule has 1 aliphatic rings. The van der Waals surface area contributed by atoms with E-state index < -0.39 is 6.09 Å². The van der Waals surface area contributed by atoms with Crippen LogP contribution in [0, 0.1) is 20.8 Å². The lowest BCUT2D eigenvalue weighted by atomic mass is 9.92. The van der Waals surface area contributed by atoms with Gasteiger partial charge in [-0.25, -0.2) is 9.78 Å². The van der Waals surface area contributed by atoms with Crippen molar-refractivity contribution in [3.63, 3.8) is 0 Å². The maximum Gasteiger partial charge on any atom is 0.407 e. The molecule has 30 heavy (non-hydrogen) atoms. The summed E-state index contributed by atoms with van der Waals surface area (Å²) in [7, 11) is 0. The Morgan fingerprint density at radius 3 is 2.57 bits per heavy atom. The smallest absolute Gasteiger partial charge is 0.407 e. The Hall–Kier alpha value is -3.34. The van der Waals surface area contributed by atoms with Crippen molar-refractivity contribution >= 4 is 6.09 Å². The molecule has 0 radical (unpaired) electrons. The molecule has 1 aliphatic heterocycles. The molecule has 1 N–H and O–H groups in total. The van der Waals surface area contributed by atoms with Crippen LogP contribution in [0.25, 0.3) is 11.1 Å². The first-order chi connectivity index (χ1) is 14.5. The maximum atomic E-state index is 12.2. The average molecular weight is 402 g/mol. The Morgan fingerprint density at radius 2 is 1.83 bits per heavy atom. The van der Waals surface area contributed by atoms with E-state index in [9.17, 15) is 4.79 Å². The van der Waals surface area contributed by atoms with Crippen LogP contribution in [0.5, 0.6) is 5.88 Å². The molecule has 1 atom stereocenters. The zero-order valence-electron chi connectivity index (χ0n) is 17.6. The van der Waals surface area contributed by atoms with Gasteiger partial charge in [-0.2, -0.15) is 0 Å². The lowest BCUT2D eigenvalue weighted by Crippen LogP contribution is -2.43. The van der Waals surface area contributed by atoms with Gasteiger partial charge in [-0.15, -0.1) is 0 Å². The number of pyridine rings is 1. The number of carbonyl (C=O) groups excluding carboxylic acids is 1. The topological polar surface area (TPSA) is 60.5 Å². The molecular formula is C25H26N2O3. The molecule has 0 spiro atoms. The standard InChI is InChI=1S/C25H26N2O3/c1-16-8-7-9-17(2)23(16)22-13-20-12-21(15-29-24(20)26-18(22)3)27-25(28)30-14-19-10-5-4-6-11-19/h4-11,13,21H,12,14-15H2,1-3H3,(H,27,28). The Kier molecular flexibility index (Phi) is 5.70. The second-order valence-corrected chi connectivity index (χ2v) is 7.77. The third-order valence-electron chi connectivity index (χ3n) is 5.43. The molecule has 0 aliphatic carbocycles. The number of fused-ring (bicyclic) bond motifs is 1. The average Bonchev–Trinajstić information content (AvgIpc) is 2.73. The number of hydrogen-bond acceptors (Lipinski definition) is 4. The van der Waals surface area contributed by atoms with Crippen molar-refractivity contribution in [3.8, 4) is 17.0 Å². The zero-order chi connectivity index (χ0) is 21.1. The molecule has 0 saturated heterocycles. The molecule has 5 nitrogen and oxygen atoms in total. The van der Waals surface area contributed by atoms with Gasteiger partial charge in [0.25, 0.3) is 0 Å². The van der Waals surface area contributed by atoms with Crippen LogP contribution in [0.2, 0.25) is 0 Å². The van der Waals surface area contributed by atoms with E-state index in [1.807, 2.05) is 37.3 Å². The fourth-order valence-corrected chi connectivity index (χ4v) is 3.92. The Labute approximate surface area is 177 Å². The molecular weight excluding hydrogens is 376 g/mol. The van der Waals surface area contributed by atoms with Crippen LogP contribution in [-0.2, 0) is 17.8 Å². The third-order valence-corrected chi connectivity index (χ3v) is 5.43. The highest BCUT2D eigenvalue weighted by molar-refractivity contribution is 5.74. The molecule has 0 fully saturated rings. The van der Waals surface area contributed by atoms with Crippen LogP contribution in [0.3, 0.4) is 0 Å². The number of aryl methyl sites for hydroxylation is 3. The minimum atomic E-state index is -0.439. The molecule has 4 rings (SSSR count). The van der Waals surface area contributed by atoms with Crippen LogP contribution in [-0.4, -0.2) is 23.7 Å². The summed E-state index contributed by atoms with van der Waals surface area (Å²) in [6.45, 7) is 6.86. The van der Waals surface area contributed by atoms with E-state index in [4.69, 9.17) is 14.5 Å². The minimum absolute atomic E-state index is 0.156. The molecule has 1 unspecified atom stereocenters. The third kappa shape index (κ3) is 4.30.